The Kier molecular flexibility index (Phi) is 27.3. The maximum Gasteiger partial charge on any atom is 6.00 e. The molecule has 0 fully saturated rings. The van der Waals surface area contributed by atoms with Crippen molar-refractivity contribution in [2.24, 2.45) is 5.41 Å². The van der Waals surface area contributed by atoms with Crippen molar-refractivity contribution in [2.75, 3.05) is 5.75 Å². The number of hydrogen-bond acceptors (Lipinski definition) is 2. The molecule has 0 N–H and O–H groups in total. The van der Waals surface area contributed by atoms with Crippen LogP contribution in [-0.2, 0) is 37.5 Å². The van der Waals surface area contributed by atoms with E-state index in [4.69, 9.17) is 9.30 Å². The van der Waals surface area contributed by atoms with Crippen LogP contribution in [0.5, 0.6) is 0 Å². The zero-order chi connectivity index (χ0) is 14.3. The summed E-state index contributed by atoms with van der Waals surface area (Å²) in [6.45, 7) is 14.7. The van der Waals surface area contributed by atoms with Crippen molar-refractivity contribution < 1.29 is 35.1 Å². The van der Waals surface area contributed by atoms with E-state index < -0.39 is 11.1 Å². The fourth-order valence-electron chi connectivity index (χ4n) is 0.534. The molecule has 0 bridgehead atoms. The van der Waals surface area contributed by atoms with Crippen LogP contribution in [0.1, 0.15) is 20.8 Å². The van der Waals surface area contributed by atoms with Gasteiger partial charge in [-0.25, -0.2) is 0 Å². The van der Waals surface area contributed by atoms with Crippen LogP contribution in [0.2, 0.25) is 0 Å². The van der Waals surface area contributed by atoms with Crippen molar-refractivity contribution in [1.82, 2.24) is 0 Å². The van der Waals surface area contributed by atoms with E-state index in [0.29, 0.717) is 0 Å². The van der Waals surface area contributed by atoms with E-state index in [1.165, 1.54) is 0 Å². The van der Waals surface area contributed by atoms with Crippen molar-refractivity contribution in [2.45, 2.75) is 20.8 Å². The Labute approximate surface area is 122 Å². The average Bonchev–Trinajstić information content (AvgIpc) is 2.78. The van der Waals surface area contributed by atoms with E-state index in [1.807, 2.05) is 20.8 Å². The van der Waals surface area contributed by atoms with Crippen LogP contribution in [0.3, 0.4) is 0 Å². The monoisotopic (exact) mass is 308 g/mol. The third kappa shape index (κ3) is 36.1. The van der Waals surface area contributed by atoms with Crippen molar-refractivity contribution in [3.8, 4) is 0 Å². The van der Waals surface area contributed by atoms with Gasteiger partial charge in [0.25, 0.3) is 0 Å². The van der Waals surface area contributed by atoms with Gasteiger partial charge in [0.1, 0.15) is 0 Å². The Bertz CT molecular complexity index is 276. The molecule has 0 aliphatic carbocycles. The molecule has 0 aliphatic rings. The van der Waals surface area contributed by atoms with Crippen molar-refractivity contribution >= 4 is 11.1 Å². The molecular weight excluding hydrogens is 296 g/mol. The van der Waals surface area contributed by atoms with Crippen LogP contribution in [0.25, 0.3) is 0 Å². The standard InChI is InChI=1S/C5H12O2S.C5H.2CO.Fe/c1-5(2,3)4-8(6)7;1-2-4-5-3-1;2*1-2;/h4H2,1-3H3,(H,6,7);1H;;;/q;-5;;;+6/p-1. The van der Waals surface area contributed by atoms with E-state index >= 15 is 0 Å². The summed E-state index contributed by atoms with van der Waals surface area (Å²) in [7, 11) is 0. The molecule has 1 unspecified atom stereocenters. The zero-order valence-corrected chi connectivity index (χ0v) is 12.1. The topological polar surface area (TPSA) is 79.9 Å². The average molecular weight is 308 g/mol. The molecule has 0 spiro atoms. The van der Waals surface area contributed by atoms with Gasteiger partial charge in [-0.2, -0.15) is 0 Å². The molecule has 0 radical (unpaired) electrons. The normalized spacial score (nSPS) is 9.56. The van der Waals surface area contributed by atoms with E-state index in [0.717, 1.165) is 0 Å². The minimum Gasteiger partial charge on any atom is -0.999 e. The summed E-state index contributed by atoms with van der Waals surface area (Å²) in [4.78, 5) is 0. The van der Waals surface area contributed by atoms with Gasteiger partial charge in [-0.05, 0) is 5.41 Å². The van der Waals surface area contributed by atoms with Gasteiger partial charge in [0.05, 0.1) is 0 Å². The van der Waals surface area contributed by atoms with E-state index in [-0.39, 0.29) is 28.2 Å². The van der Waals surface area contributed by atoms with Gasteiger partial charge in [0, 0.05) is 5.75 Å². The molecule has 0 aliphatic heterocycles. The summed E-state index contributed by atoms with van der Waals surface area (Å²) in [5, 5.41) is 0. The Morgan fingerprint density at radius 3 is 1.56 bits per heavy atom. The van der Waals surface area contributed by atoms with Crippen molar-refractivity contribution in [3.63, 3.8) is 0 Å². The molecule has 1 atom stereocenters. The molecule has 0 aromatic heterocycles. The van der Waals surface area contributed by atoms with Crippen molar-refractivity contribution in [3.05, 3.63) is 43.6 Å². The molecule has 0 amide bonds. The summed E-state index contributed by atoms with van der Waals surface area (Å²) in [6.07, 6.45) is 0. The third-order valence-corrected chi connectivity index (χ3v) is 2.00. The minimum absolute atomic E-state index is 0. The molecular formula is C12H12FeO4S. The molecule has 98 valence electrons. The maximum absolute atomic E-state index is 10.0. The summed E-state index contributed by atoms with van der Waals surface area (Å²) < 4.78 is 35.0. The second kappa shape index (κ2) is 18.8. The zero-order valence-electron chi connectivity index (χ0n) is 10.2. The summed E-state index contributed by atoms with van der Waals surface area (Å²) in [5.74, 6) is 0.243. The summed E-state index contributed by atoms with van der Waals surface area (Å²) in [6, 6.07) is 12.0. The second-order valence-electron chi connectivity index (χ2n) is 3.69. The summed E-state index contributed by atoms with van der Waals surface area (Å²) >= 11 is -1.89. The number of hydrogen-bond donors (Lipinski definition) is 0. The van der Waals surface area contributed by atoms with Crippen LogP contribution in [0.4, 0.5) is 0 Å². The smallest absolute Gasteiger partial charge is 0.999 e. The fourth-order valence-corrected chi connectivity index (χ4v) is 1.24. The Morgan fingerprint density at radius 1 is 1.17 bits per heavy atom. The SMILES string of the molecule is CC(C)(C)CS(=O)[O-].[C-]#[O+].[C-]#[O+].[Fe+6].[c-]1[c-][c-][cH-][c-]1. The molecule has 1 aromatic rings. The first-order chi connectivity index (χ1) is 7.92. The van der Waals surface area contributed by atoms with Crippen LogP contribution in [0, 0.1) is 43.0 Å². The molecule has 0 saturated carbocycles. The predicted octanol–water partition coefficient (Wildman–Crippen LogP) is 1.44. The first-order valence-electron chi connectivity index (χ1n) is 4.21. The Hall–Kier alpha value is -0.541. The van der Waals surface area contributed by atoms with Gasteiger partial charge < -0.3 is 34.9 Å². The molecule has 1 aromatic carbocycles. The van der Waals surface area contributed by atoms with Crippen LogP contribution in [0.15, 0.2) is 6.07 Å². The van der Waals surface area contributed by atoms with Crippen molar-refractivity contribution in [1.29, 1.82) is 0 Å². The number of rotatable bonds is 1. The fraction of sp³-hybridized carbons (Fsp3) is 0.417. The molecule has 1 rings (SSSR count). The van der Waals surface area contributed by atoms with E-state index in [9.17, 15) is 8.76 Å². The van der Waals surface area contributed by atoms with Crippen LogP contribution in [-0.4, -0.2) is 14.5 Å². The van der Waals surface area contributed by atoms with Gasteiger partial charge in [-0.15, -0.1) is 0 Å². The maximum atomic E-state index is 10.0. The van der Waals surface area contributed by atoms with Gasteiger partial charge in [-0.1, -0.05) is 31.9 Å². The van der Waals surface area contributed by atoms with Crippen LogP contribution < -0.4 is 0 Å². The van der Waals surface area contributed by atoms with Crippen LogP contribution >= 0.6 is 0 Å². The molecule has 18 heavy (non-hydrogen) atoms. The second-order valence-corrected chi connectivity index (χ2v) is 4.59. The molecule has 0 heterocycles. The van der Waals surface area contributed by atoms with Gasteiger partial charge >= 0.3 is 39.7 Å². The first kappa shape index (κ1) is 26.1. The minimum atomic E-state index is -1.89. The summed E-state index contributed by atoms with van der Waals surface area (Å²) in [5.41, 5.74) is -0.0907. The van der Waals surface area contributed by atoms with E-state index in [1.54, 1.807) is 6.07 Å². The Morgan fingerprint density at radius 2 is 1.50 bits per heavy atom. The first-order valence-corrected chi connectivity index (χ1v) is 5.46. The predicted molar refractivity (Wildman–Crippen MR) is 58.5 cm³/mol. The van der Waals surface area contributed by atoms with Gasteiger partial charge in [-0.3, -0.25) is 4.21 Å². The quantitative estimate of drug-likeness (QED) is 0.340. The molecule has 0 saturated heterocycles. The molecule has 6 heteroatoms. The van der Waals surface area contributed by atoms with Gasteiger partial charge in [0.15, 0.2) is 0 Å². The largest absolute Gasteiger partial charge is 6.00 e. The third-order valence-electron chi connectivity index (χ3n) is 0.902. The molecule has 4 nitrogen and oxygen atoms in total. The Balaban J connectivity index is -0.0000000847. The van der Waals surface area contributed by atoms with E-state index in [2.05, 4.69) is 37.6 Å². The van der Waals surface area contributed by atoms with Gasteiger partial charge in [0.2, 0.25) is 0 Å².